The smallest absolute Gasteiger partial charge is 0.0950 e. The summed E-state index contributed by atoms with van der Waals surface area (Å²) in [7, 11) is 0. The fourth-order valence-electron chi connectivity index (χ4n) is 1.30. The van der Waals surface area contributed by atoms with E-state index in [9.17, 15) is 0 Å². The van der Waals surface area contributed by atoms with E-state index in [4.69, 9.17) is 11.6 Å². The van der Waals surface area contributed by atoms with Gasteiger partial charge in [0.1, 0.15) is 0 Å². The highest BCUT2D eigenvalue weighted by Gasteiger charge is 2.17. The van der Waals surface area contributed by atoms with Crippen molar-refractivity contribution in [3.05, 3.63) is 32.4 Å². The van der Waals surface area contributed by atoms with Crippen LogP contribution in [0.15, 0.2) is 37.4 Å². The van der Waals surface area contributed by atoms with Gasteiger partial charge in [-0.2, -0.15) is 0 Å². The van der Waals surface area contributed by atoms with Gasteiger partial charge in [0.25, 0.3) is 0 Å². The highest BCUT2D eigenvalue weighted by molar-refractivity contribution is 14.1. The lowest BCUT2D eigenvalue weighted by atomic mass is 9.99. The Hall–Kier alpha value is -0.0900. The second-order valence-corrected chi connectivity index (χ2v) is 4.43. The Morgan fingerprint density at radius 3 is 3.17 bits per heavy atom. The SMILES string of the molecule is ClC1=C2C=CC(I)=CC2N=CC1. The molecule has 3 heteroatoms. The Labute approximate surface area is 90.0 Å². The topological polar surface area (TPSA) is 12.4 Å². The zero-order chi connectivity index (χ0) is 8.55. The maximum absolute atomic E-state index is 6.04. The van der Waals surface area contributed by atoms with Crippen LogP contribution in [-0.2, 0) is 0 Å². The van der Waals surface area contributed by atoms with Crippen molar-refractivity contribution in [3.63, 3.8) is 0 Å². The summed E-state index contributed by atoms with van der Waals surface area (Å²) in [5.74, 6) is 0. The van der Waals surface area contributed by atoms with Crippen LogP contribution in [-0.4, -0.2) is 12.3 Å². The maximum Gasteiger partial charge on any atom is 0.0950 e. The molecule has 2 aliphatic rings. The van der Waals surface area contributed by atoms with Gasteiger partial charge in [0, 0.05) is 21.2 Å². The van der Waals surface area contributed by atoms with Gasteiger partial charge >= 0.3 is 0 Å². The molecule has 0 aromatic heterocycles. The van der Waals surface area contributed by atoms with Crippen LogP contribution < -0.4 is 0 Å². The van der Waals surface area contributed by atoms with Crippen molar-refractivity contribution in [1.82, 2.24) is 0 Å². The molecule has 12 heavy (non-hydrogen) atoms. The van der Waals surface area contributed by atoms with Crippen molar-refractivity contribution < 1.29 is 0 Å². The molecular formula is C9H7ClIN. The second kappa shape index (κ2) is 3.34. The van der Waals surface area contributed by atoms with Crippen LogP contribution in [0, 0.1) is 0 Å². The van der Waals surface area contributed by atoms with Crippen LogP contribution in [0.5, 0.6) is 0 Å². The molecule has 0 saturated carbocycles. The van der Waals surface area contributed by atoms with Gasteiger partial charge < -0.3 is 0 Å². The number of dihydropyridines is 1. The summed E-state index contributed by atoms with van der Waals surface area (Å²) in [5, 5.41) is 0.923. The number of rotatable bonds is 0. The molecule has 0 radical (unpaired) electrons. The minimum atomic E-state index is 0.170. The number of hydrogen-bond donors (Lipinski definition) is 0. The summed E-state index contributed by atoms with van der Waals surface area (Å²) >= 11 is 8.33. The molecule has 1 atom stereocenters. The monoisotopic (exact) mass is 291 g/mol. The Morgan fingerprint density at radius 2 is 2.33 bits per heavy atom. The molecule has 1 heterocycles. The van der Waals surface area contributed by atoms with Gasteiger partial charge in [0.05, 0.1) is 6.04 Å². The number of fused-ring (bicyclic) bond motifs is 1. The van der Waals surface area contributed by atoms with Crippen LogP contribution in [0.4, 0.5) is 0 Å². The Balaban J connectivity index is 2.40. The molecule has 2 rings (SSSR count). The van der Waals surface area contributed by atoms with Crippen molar-refractivity contribution in [1.29, 1.82) is 0 Å². The zero-order valence-corrected chi connectivity index (χ0v) is 9.21. The Kier molecular flexibility index (Phi) is 2.37. The summed E-state index contributed by atoms with van der Waals surface area (Å²) in [4.78, 5) is 4.35. The van der Waals surface area contributed by atoms with Gasteiger partial charge in [-0.15, -0.1) is 0 Å². The fourth-order valence-corrected chi connectivity index (χ4v) is 2.07. The minimum absolute atomic E-state index is 0.170. The number of aliphatic imine (C=N–C) groups is 1. The van der Waals surface area contributed by atoms with E-state index >= 15 is 0 Å². The lowest BCUT2D eigenvalue weighted by Gasteiger charge is -2.19. The van der Waals surface area contributed by atoms with Crippen LogP contribution in [0.1, 0.15) is 6.42 Å². The molecular weight excluding hydrogens is 284 g/mol. The Morgan fingerprint density at radius 1 is 1.50 bits per heavy atom. The molecule has 0 saturated heterocycles. The predicted molar refractivity (Wildman–Crippen MR) is 61.0 cm³/mol. The fraction of sp³-hybridized carbons (Fsp3) is 0.222. The van der Waals surface area contributed by atoms with Gasteiger partial charge in [-0.05, 0) is 40.3 Å². The van der Waals surface area contributed by atoms with E-state index in [1.807, 2.05) is 6.21 Å². The van der Waals surface area contributed by atoms with Crippen molar-refractivity contribution in [2.75, 3.05) is 0 Å². The highest BCUT2D eigenvalue weighted by atomic mass is 127. The lowest BCUT2D eigenvalue weighted by Crippen LogP contribution is -2.12. The quantitative estimate of drug-likeness (QED) is 0.608. The number of allylic oxidation sites excluding steroid dienone is 3. The molecule has 0 bridgehead atoms. The average molecular weight is 292 g/mol. The third-order valence-corrected chi connectivity index (χ3v) is 3.00. The third-order valence-electron chi connectivity index (χ3n) is 1.91. The first-order valence-electron chi connectivity index (χ1n) is 3.73. The van der Waals surface area contributed by atoms with Crippen molar-refractivity contribution in [2.24, 2.45) is 4.99 Å². The molecule has 62 valence electrons. The van der Waals surface area contributed by atoms with E-state index in [-0.39, 0.29) is 6.04 Å². The van der Waals surface area contributed by atoms with Gasteiger partial charge in [-0.3, -0.25) is 4.99 Å². The third kappa shape index (κ3) is 1.50. The normalized spacial score (nSPS) is 27.2. The van der Waals surface area contributed by atoms with Crippen LogP contribution in [0.3, 0.4) is 0 Å². The van der Waals surface area contributed by atoms with Crippen molar-refractivity contribution >= 4 is 40.4 Å². The van der Waals surface area contributed by atoms with Gasteiger partial charge in [-0.25, -0.2) is 0 Å². The molecule has 1 unspecified atom stereocenters. The molecule has 0 spiro atoms. The van der Waals surface area contributed by atoms with E-state index in [2.05, 4.69) is 45.8 Å². The maximum atomic E-state index is 6.04. The standard InChI is InChI=1S/C9H7ClIN/c10-8-3-4-12-9-5-6(11)1-2-7(8)9/h1-2,4-5,9H,3H2. The molecule has 0 N–H and O–H groups in total. The lowest BCUT2D eigenvalue weighted by molar-refractivity contribution is 0.940. The van der Waals surface area contributed by atoms with E-state index in [0.717, 1.165) is 17.0 Å². The zero-order valence-electron chi connectivity index (χ0n) is 6.30. The van der Waals surface area contributed by atoms with Gasteiger partial charge in [0.15, 0.2) is 0 Å². The second-order valence-electron chi connectivity index (χ2n) is 2.73. The summed E-state index contributed by atoms with van der Waals surface area (Å²) in [6.45, 7) is 0. The van der Waals surface area contributed by atoms with Gasteiger partial charge in [-0.1, -0.05) is 17.7 Å². The average Bonchev–Trinajstić information content (AvgIpc) is 2.04. The Bertz CT molecular complexity index is 325. The first-order chi connectivity index (χ1) is 5.77. The minimum Gasteiger partial charge on any atom is -0.285 e. The van der Waals surface area contributed by atoms with Crippen LogP contribution in [0.2, 0.25) is 0 Å². The number of nitrogens with zero attached hydrogens (tertiary/aromatic N) is 1. The molecule has 1 aliphatic heterocycles. The molecule has 0 aromatic carbocycles. The van der Waals surface area contributed by atoms with E-state index in [1.54, 1.807) is 0 Å². The number of hydrogen-bond acceptors (Lipinski definition) is 1. The predicted octanol–water partition coefficient (Wildman–Crippen LogP) is 3.21. The first-order valence-corrected chi connectivity index (χ1v) is 5.18. The van der Waals surface area contributed by atoms with E-state index in [0.29, 0.717) is 0 Å². The van der Waals surface area contributed by atoms with Crippen LogP contribution in [0.25, 0.3) is 0 Å². The number of halogens is 2. The van der Waals surface area contributed by atoms with Crippen molar-refractivity contribution in [2.45, 2.75) is 12.5 Å². The van der Waals surface area contributed by atoms with E-state index in [1.165, 1.54) is 3.58 Å². The highest BCUT2D eigenvalue weighted by Crippen LogP contribution is 2.29. The first kappa shape index (κ1) is 8.51. The van der Waals surface area contributed by atoms with E-state index < -0.39 is 0 Å². The molecule has 1 nitrogen and oxygen atoms in total. The molecule has 0 aromatic rings. The summed E-state index contributed by atoms with van der Waals surface area (Å²) in [5.41, 5.74) is 1.15. The summed E-state index contributed by atoms with van der Waals surface area (Å²) in [6.07, 6.45) is 8.91. The molecule has 0 fully saturated rings. The molecule has 0 amide bonds. The van der Waals surface area contributed by atoms with Crippen LogP contribution >= 0.6 is 34.2 Å². The van der Waals surface area contributed by atoms with Gasteiger partial charge in [0.2, 0.25) is 0 Å². The largest absolute Gasteiger partial charge is 0.285 e. The summed E-state index contributed by atoms with van der Waals surface area (Å²) < 4.78 is 1.23. The summed E-state index contributed by atoms with van der Waals surface area (Å²) in [6, 6.07) is 0.170. The molecule has 1 aliphatic carbocycles. The van der Waals surface area contributed by atoms with Crippen molar-refractivity contribution in [3.8, 4) is 0 Å².